The molecular formula is C14H22N4O2. The highest BCUT2D eigenvalue weighted by atomic mass is 16.4. The SMILES string of the molecule is CCN(CC(=O)N1CC(C)(c2nnc(C)o2)C1)C1CC1. The van der Waals surface area contributed by atoms with Crippen molar-refractivity contribution in [1.82, 2.24) is 20.0 Å². The molecule has 0 spiro atoms. The van der Waals surface area contributed by atoms with Crippen molar-refractivity contribution in [3.63, 3.8) is 0 Å². The van der Waals surface area contributed by atoms with Crippen LogP contribution in [0.4, 0.5) is 0 Å². The third-order valence-corrected chi connectivity index (χ3v) is 4.28. The van der Waals surface area contributed by atoms with E-state index in [4.69, 9.17) is 4.42 Å². The molecule has 1 saturated carbocycles. The number of likely N-dealkylation sites (N-methyl/N-ethyl adjacent to an activating group) is 1. The molecule has 1 amide bonds. The highest BCUT2D eigenvalue weighted by Crippen LogP contribution is 2.34. The summed E-state index contributed by atoms with van der Waals surface area (Å²) in [6.45, 7) is 8.82. The number of amides is 1. The Bertz CT molecular complexity index is 503. The molecule has 2 heterocycles. The Hall–Kier alpha value is -1.43. The zero-order valence-electron chi connectivity index (χ0n) is 12.4. The van der Waals surface area contributed by atoms with Gasteiger partial charge in [0.1, 0.15) is 0 Å². The summed E-state index contributed by atoms with van der Waals surface area (Å²) in [6, 6.07) is 0.634. The molecule has 2 fully saturated rings. The zero-order chi connectivity index (χ0) is 14.3. The van der Waals surface area contributed by atoms with Crippen LogP contribution in [0.15, 0.2) is 4.42 Å². The molecule has 0 aromatic carbocycles. The van der Waals surface area contributed by atoms with E-state index < -0.39 is 0 Å². The maximum Gasteiger partial charge on any atom is 0.236 e. The van der Waals surface area contributed by atoms with Gasteiger partial charge in [-0.2, -0.15) is 0 Å². The first-order chi connectivity index (χ1) is 9.51. The number of carbonyl (C=O) groups excluding carboxylic acids is 1. The third kappa shape index (κ3) is 2.44. The van der Waals surface area contributed by atoms with Crippen LogP contribution in [0.5, 0.6) is 0 Å². The molecular weight excluding hydrogens is 256 g/mol. The van der Waals surface area contributed by atoms with E-state index in [-0.39, 0.29) is 11.3 Å². The maximum absolute atomic E-state index is 12.3. The smallest absolute Gasteiger partial charge is 0.236 e. The molecule has 0 atom stereocenters. The van der Waals surface area contributed by atoms with E-state index in [0.29, 0.717) is 37.5 Å². The van der Waals surface area contributed by atoms with Crippen LogP contribution in [0.1, 0.15) is 38.5 Å². The Morgan fingerprint density at radius 2 is 2.15 bits per heavy atom. The van der Waals surface area contributed by atoms with Crippen molar-refractivity contribution in [3.05, 3.63) is 11.8 Å². The molecule has 0 N–H and O–H groups in total. The number of hydrogen-bond donors (Lipinski definition) is 0. The number of aryl methyl sites for hydroxylation is 1. The number of likely N-dealkylation sites (tertiary alicyclic amines) is 1. The van der Waals surface area contributed by atoms with Crippen LogP contribution >= 0.6 is 0 Å². The van der Waals surface area contributed by atoms with E-state index >= 15 is 0 Å². The molecule has 0 radical (unpaired) electrons. The molecule has 0 unspecified atom stereocenters. The summed E-state index contributed by atoms with van der Waals surface area (Å²) in [7, 11) is 0. The average molecular weight is 278 g/mol. The predicted octanol–water partition coefficient (Wildman–Crippen LogP) is 0.962. The third-order valence-electron chi connectivity index (χ3n) is 4.28. The van der Waals surface area contributed by atoms with Crippen LogP contribution < -0.4 is 0 Å². The van der Waals surface area contributed by atoms with E-state index in [1.165, 1.54) is 12.8 Å². The normalized spacial score (nSPS) is 21.1. The van der Waals surface area contributed by atoms with Gasteiger partial charge in [0, 0.05) is 26.1 Å². The predicted molar refractivity (Wildman–Crippen MR) is 73.2 cm³/mol. The zero-order valence-corrected chi connectivity index (χ0v) is 12.4. The van der Waals surface area contributed by atoms with Crippen LogP contribution in [0.3, 0.4) is 0 Å². The van der Waals surface area contributed by atoms with Crippen molar-refractivity contribution < 1.29 is 9.21 Å². The fourth-order valence-corrected chi connectivity index (χ4v) is 2.86. The Kier molecular flexibility index (Phi) is 3.28. The Labute approximate surface area is 119 Å². The lowest BCUT2D eigenvalue weighted by Gasteiger charge is -2.46. The van der Waals surface area contributed by atoms with Gasteiger partial charge in [0.15, 0.2) is 0 Å². The minimum Gasteiger partial charge on any atom is -0.425 e. The highest BCUT2D eigenvalue weighted by molar-refractivity contribution is 5.79. The minimum atomic E-state index is -0.173. The Morgan fingerprint density at radius 3 is 2.65 bits per heavy atom. The summed E-state index contributed by atoms with van der Waals surface area (Å²) < 4.78 is 5.50. The first-order valence-electron chi connectivity index (χ1n) is 7.34. The van der Waals surface area contributed by atoms with Gasteiger partial charge in [0.05, 0.1) is 12.0 Å². The molecule has 1 saturated heterocycles. The number of hydrogen-bond acceptors (Lipinski definition) is 5. The quantitative estimate of drug-likeness (QED) is 0.803. The van der Waals surface area contributed by atoms with Crippen LogP contribution in [-0.4, -0.2) is 58.1 Å². The molecule has 1 aromatic rings. The molecule has 20 heavy (non-hydrogen) atoms. The molecule has 6 nitrogen and oxygen atoms in total. The summed E-state index contributed by atoms with van der Waals surface area (Å²) in [4.78, 5) is 16.4. The van der Waals surface area contributed by atoms with Crippen molar-refractivity contribution in [2.45, 2.75) is 45.1 Å². The maximum atomic E-state index is 12.3. The lowest BCUT2D eigenvalue weighted by Crippen LogP contribution is -2.61. The highest BCUT2D eigenvalue weighted by Gasteiger charge is 2.47. The number of aromatic nitrogens is 2. The molecule has 6 heteroatoms. The van der Waals surface area contributed by atoms with E-state index in [1.54, 1.807) is 6.92 Å². The van der Waals surface area contributed by atoms with Gasteiger partial charge in [-0.15, -0.1) is 10.2 Å². The van der Waals surface area contributed by atoms with Gasteiger partial charge >= 0.3 is 0 Å². The first kappa shape index (κ1) is 13.5. The monoisotopic (exact) mass is 278 g/mol. The lowest BCUT2D eigenvalue weighted by molar-refractivity contribution is -0.140. The van der Waals surface area contributed by atoms with Crippen LogP contribution in [-0.2, 0) is 10.2 Å². The number of carbonyl (C=O) groups is 1. The summed E-state index contributed by atoms with van der Waals surface area (Å²) >= 11 is 0. The second-order valence-electron chi connectivity index (χ2n) is 6.23. The van der Waals surface area contributed by atoms with Gasteiger partial charge < -0.3 is 9.32 Å². The lowest BCUT2D eigenvalue weighted by atomic mass is 9.81. The topological polar surface area (TPSA) is 62.5 Å². The van der Waals surface area contributed by atoms with Crippen molar-refractivity contribution in [2.75, 3.05) is 26.2 Å². The average Bonchev–Trinajstić information content (AvgIpc) is 3.13. The van der Waals surface area contributed by atoms with E-state index in [0.717, 1.165) is 6.54 Å². The van der Waals surface area contributed by atoms with Crippen molar-refractivity contribution in [2.24, 2.45) is 0 Å². The second-order valence-corrected chi connectivity index (χ2v) is 6.23. The first-order valence-corrected chi connectivity index (χ1v) is 7.34. The summed E-state index contributed by atoms with van der Waals surface area (Å²) in [5.41, 5.74) is -0.173. The number of nitrogens with zero attached hydrogens (tertiary/aromatic N) is 4. The van der Waals surface area contributed by atoms with Gasteiger partial charge in [-0.25, -0.2) is 0 Å². The molecule has 110 valence electrons. The van der Waals surface area contributed by atoms with Gasteiger partial charge in [-0.3, -0.25) is 9.69 Å². The fraction of sp³-hybridized carbons (Fsp3) is 0.786. The fourth-order valence-electron chi connectivity index (χ4n) is 2.86. The number of rotatable bonds is 5. The van der Waals surface area contributed by atoms with Crippen molar-refractivity contribution in [1.29, 1.82) is 0 Å². The van der Waals surface area contributed by atoms with Gasteiger partial charge in [0.25, 0.3) is 0 Å². The molecule has 1 aromatic heterocycles. The Balaban J connectivity index is 1.55. The van der Waals surface area contributed by atoms with Crippen molar-refractivity contribution in [3.8, 4) is 0 Å². The van der Waals surface area contributed by atoms with E-state index in [1.807, 2.05) is 4.90 Å². The largest absolute Gasteiger partial charge is 0.425 e. The van der Waals surface area contributed by atoms with Crippen molar-refractivity contribution >= 4 is 5.91 Å². The molecule has 0 bridgehead atoms. The van der Waals surface area contributed by atoms with Gasteiger partial charge in [-0.1, -0.05) is 6.92 Å². The summed E-state index contributed by atoms with van der Waals surface area (Å²) in [6.07, 6.45) is 2.47. The molecule has 1 aliphatic heterocycles. The summed E-state index contributed by atoms with van der Waals surface area (Å²) in [5, 5.41) is 7.95. The Morgan fingerprint density at radius 1 is 1.45 bits per heavy atom. The van der Waals surface area contributed by atoms with E-state index in [9.17, 15) is 4.79 Å². The van der Waals surface area contributed by atoms with Crippen LogP contribution in [0, 0.1) is 6.92 Å². The van der Waals surface area contributed by atoms with Gasteiger partial charge in [0.2, 0.25) is 17.7 Å². The minimum absolute atomic E-state index is 0.173. The standard InChI is InChI=1S/C14H22N4O2/c1-4-17(11-5-6-11)7-12(19)18-8-14(3,9-18)13-16-15-10(2)20-13/h11H,4-9H2,1-3H3. The summed E-state index contributed by atoms with van der Waals surface area (Å²) in [5.74, 6) is 1.44. The van der Waals surface area contributed by atoms with Crippen LogP contribution in [0.2, 0.25) is 0 Å². The molecule has 3 rings (SSSR count). The second kappa shape index (κ2) is 4.84. The van der Waals surface area contributed by atoms with Crippen LogP contribution in [0.25, 0.3) is 0 Å². The molecule has 1 aliphatic carbocycles. The molecule has 2 aliphatic rings. The van der Waals surface area contributed by atoms with E-state index in [2.05, 4.69) is 28.9 Å². The van der Waals surface area contributed by atoms with Gasteiger partial charge in [-0.05, 0) is 26.3 Å².